The normalized spacial score (nSPS) is 24.2. The van der Waals surface area contributed by atoms with Crippen molar-refractivity contribution in [2.75, 3.05) is 5.32 Å². The molecule has 33 heavy (non-hydrogen) atoms. The minimum Gasteiger partial charge on any atom is -0.444 e. The lowest BCUT2D eigenvalue weighted by atomic mass is 9.63. The molecule has 0 fully saturated rings. The summed E-state index contributed by atoms with van der Waals surface area (Å²) in [6, 6.07) is 17.5. The average Bonchev–Trinajstić information content (AvgIpc) is 3.05. The summed E-state index contributed by atoms with van der Waals surface area (Å²) in [6.45, 7) is 6.47. The molecule has 2 aromatic carbocycles. The molecule has 6 heteroatoms. The maximum atomic E-state index is 13.6. The van der Waals surface area contributed by atoms with Crippen LogP contribution in [0.4, 0.5) is 5.69 Å². The molecule has 0 bridgehead atoms. The number of hydrogen-bond acceptors (Lipinski definition) is 5. The Hall–Kier alpha value is -3.85. The first-order valence-corrected chi connectivity index (χ1v) is 11.0. The molecule has 0 aromatic heterocycles. The molecule has 0 saturated heterocycles. The van der Waals surface area contributed by atoms with Crippen LogP contribution in [0.5, 0.6) is 0 Å². The molecular weight excluding hydrogens is 414 g/mol. The molecular formula is C27H25N3O3. The van der Waals surface area contributed by atoms with Crippen LogP contribution in [0.2, 0.25) is 0 Å². The van der Waals surface area contributed by atoms with Crippen molar-refractivity contribution in [1.29, 1.82) is 5.26 Å². The fraction of sp³-hybridized carbons (Fsp3) is 0.296. The van der Waals surface area contributed by atoms with Gasteiger partial charge in [-0.1, -0.05) is 63.2 Å². The van der Waals surface area contributed by atoms with Crippen LogP contribution in [0.1, 0.15) is 56.2 Å². The van der Waals surface area contributed by atoms with Crippen molar-refractivity contribution in [1.82, 2.24) is 0 Å². The zero-order valence-corrected chi connectivity index (χ0v) is 18.9. The van der Waals surface area contributed by atoms with Crippen LogP contribution >= 0.6 is 0 Å². The summed E-state index contributed by atoms with van der Waals surface area (Å²) < 4.78 is 5.86. The quantitative estimate of drug-likeness (QED) is 0.689. The van der Waals surface area contributed by atoms with E-state index in [-0.39, 0.29) is 40.6 Å². The van der Waals surface area contributed by atoms with Crippen molar-refractivity contribution in [3.63, 3.8) is 0 Å². The molecule has 6 nitrogen and oxygen atoms in total. The van der Waals surface area contributed by atoms with E-state index in [0.717, 1.165) is 5.56 Å². The number of Topliss-reactive ketones (excluding diaryl/α,β-unsaturated/α-hetero) is 1. The van der Waals surface area contributed by atoms with Gasteiger partial charge in [-0.3, -0.25) is 9.59 Å². The van der Waals surface area contributed by atoms with Gasteiger partial charge >= 0.3 is 0 Å². The minimum absolute atomic E-state index is 0.0334. The highest BCUT2D eigenvalue weighted by Gasteiger charge is 2.60. The van der Waals surface area contributed by atoms with Crippen molar-refractivity contribution >= 4 is 17.4 Å². The molecule has 3 N–H and O–H groups in total. The second-order valence-corrected chi connectivity index (χ2v) is 9.90. The molecule has 0 saturated carbocycles. The topological polar surface area (TPSA) is 105 Å². The van der Waals surface area contributed by atoms with Gasteiger partial charge in [-0.25, -0.2) is 0 Å². The van der Waals surface area contributed by atoms with Crippen molar-refractivity contribution in [2.45, 2.75) is 50.4 Å². The van der Waals surface area contributed by atoms with Gasteiger partial charge in [0.2, 0.25) is 11.8 Å². The van der Waals surface area contributed by atoms with Crippen LogP contribution < -0.4 is 11.1 Å². The van der Waals surface area contributed by atoms with Crippen LogP contribution in [0.25, 0.3) is 0 Å². The third-order valence-corrected chi connectivity index (χ3v) is 6.93. The number of nitriles is 1. The Balaban J connectivity index is 1.63. The minimum atomic E-state index is -1.57. The number of benzene rings is 2. The summed E-state index contributed by atoms with van der Waals surface area (Å²) in [7, 11) is 0. The molecule has 2 atom stereocenters. The SMILES string of the molecule is CC(C)(C)c1ccc(C2CC(=O)C3=C(C2)OC(N)=C(C#N)C32C(=O)Nc3ccccc32)cc1. The summed E-state index contributed by atoms with van der Waals surface area (Å²) in [6.07, 6.45) is 0.652. The lowest BCUT2D eigenvalue weighted by Crippen LogP contribution is -2.47. The number of amides is 1. The molecule has 2 aromatic rings. The fourth-order valence-corrected chi connectivity index (χ4v) is 5.27. The molecule has 2 aliphatic heterocycles. The molecule has 1 amide bonds. The highest BCUT2D eigenvalue weighted by Crippen LogP contribution is 2.55. The van der Waals surface area contributed by atoms with Gasteiger partial charge in [-0.15, -0.1) is 0 Å². The number of allylic oxidation sites excluding steroid dienone is 1. The zero-order valence-electron chi connectivity index (χ0n) is 18.9. The number of carbonyl (C=O) groups is 2. The van der Waals surface area contributed by atoms with Gasteiger partial charge in [-0.05, 0) is 28.5 Å². The van der Waals surface area contributed by atoms with E-state index in [4.69, 9.17) is 10.5 Å². The number of ether oxygens (including phenoxy) is 1. The number of ketones is 1. The Morgan fingerprint density at radius 1 is 1.09 bits per heavy atom. The maximum absolute atomic E-state index is 13.6. The van der Waals surface area contributed by atoms with E-state index >= 15 is 0 Å². The summed E-state index contributed by atoms with van der Waals surface area (Å²) in [5.41, 5.74) is 8.22. The van der Waals surface area contributed by atoms with Crippen molar-refractivity contribution < 1.29 is 14.3 Å². The van der Waals surface area contributed by atoms with Crippen LogP contribution in [0.3, 0.4) is 0 Å². The van der Waals surface area contributed by atoms with Crippen molar-refractivity contribution in [2.24, 2.45) is 5.73 Å². The van der Waals surface area contributed by atoms with E-state index in [1.165, 1.54) is 5.56 Å². The van der Waals surface area contributed by atoms with Crippen molar-refractivity contribution in [3.05, 3.63) is 88.0 Å². The van der Waals surface area contributed by atoms with Gasteiger partial charge < -0.3 is 15.8 Å². The van der Waals surface area contributed by atoms with Gasteiger partial charge in [0.25, 0.3) is 0 Å². The number of para-hydroxylation sites is 1. The van der Waals surface area contributed by atoms with E-state index in [1.807, 2.05) is 0 Å². The molecule has 2 unspecified atom stereocenters. The third kappa shape index (κ3) is 2.92. The molecule has 0 radical (unpaired) electrons. The number of fused-ring (bicyclic) bond motifs is 3. The second kappa shape index (κ2) is 7.08. The molecule has 1 aliphatic carbocycles. The zero-order chi connectivity index (χ0) is 23.5. The Kier molecular flexibility index (Phi) is 4.51. The number of nitrogens with one attached hydrogen (secondary N) is 1. The smallest absolute Gasteiger partial charge is 0.245 e. The lowest BCUT2D eigenvalue weighted by Gasteiger charge is -2.39. The first kappa shape index (κ1) is 21.0. The number of rotatable bonds is 1. The number of nitrogens with zero attached hydrogens (tertiary/aromatic N) is 1. The molecule has 2 heterocycles. The van der Waals surface area contributed by atoms with Crippen LogP contribution in [-0.2, 0) is 25.2 Å². The Morgan fingerprint density at radius 3 is 2.45 bits per heavy atom. The average molecular weight is 440 g/mol. The van der Waals surface area contributed by atoms with Gasteiger partial charge in [-0.2, -0.15) is 5.26 Å². The predicted octanol–water partition coefficient (Wildman–Crippen LogP) is 4.30. The standard InChI is InChI=1S/C27H25N3O3/c1-26(2,3)17-10-8-15(9-11-17)16-12-21(31)23-22(13-16)33-24(29)19(14-28)27(23)18-6-4-5-7-20(18)30-25(27)32/h4-11,16H,12-13,29H2,1-3H3,(H,30,32). The number of nitrogens with two attached hydrogens (primary N) is 1. The number of anilines is 1. The molecule has 166 valence electrons. The fourth-order valence-electron chi connectivity index (χ4n) is 5.27. The van der Waals surface area contributed by atoms with E-state index in [9.17, 15) is 14.9 Å². The van der Waals surface area contributed by atoms with Crippen LogP contribution in [0, 0.1) is 11.3 Å². The number of carbonyl (C=O) groups excluding carboxylic acids is 2. The molecule has 1 spiro atoms. The summed E-state index contributed by atoms with van der Waals surface area (Å²) in [5.74, 6) is -0.494. The first-order valence-electron chi connectivity index (χ1n) is 11.0. The van der Waals surface area contributed by atoms with Gasteiger partial charge in [0.15, 0.2) is 5.78 Å². The highest BCUT2D eigenvalue weighted by atomic mass is 16.5. The van der Waals surface area contributed by atoms with E-state index in [2.05, 4.69) is 56.4 Å². The van der Waals surface area contributed by atoms with E-state index < -0.39 is 11.3 Å². The first-order chi connectivity index (χ1) is 15.7. The lowest BCUT2D eigenvalue weighted by molar-refractivity contribution is -0.123. The van der Waals surface area contributed by atoms with Gasteiger partial charge in [0.1, 0.15) is 22.8 Å². The van der Waals surface area contributed by atoms with Crippen LogP contribution in [0.15, 0.2) is 71.3 Å². The third-order valence-electron chi connectivity index (χ3n) is 6.93. The monoisotopic (exact) mass is 439 g/mol. The van der Waals surface area contributed by atoms with E-state index in [0.29, 0.717) is 23.4 Å². The van der Waals surface area contributed by atoms with Crippen molar-refractivity contribution in [3.8, 4) is 6.07 Å². The maximum Gasteiger partial charge on any atom is 0.245 e. The Bertz CT molecular complexity index is 1310. The van der Waals surface area contributed by atoms with E-state index in [1.54, 1.807) is 24.3 Å². The number of hydrogen-bond donors (Lipinski definition) is 2. The highest BCUT2D eigenvalue weighted by molar-refractivity contribution is 6.19. The largest absolute Gasteiger partial charge is 0.444 e. The Morgan fingerprint density at radius 2 is 1.79 bits per heavy atom. The van der Waals surface area contributed by atoms with Gasteiger partial charge in [0.05, 0.1) is 5.57 Å². The van der Waals surface area contributed by atoms with Crippen LogP contribution in [-0.4, -0.2) is 11.7 Å². The Labute approximate surface area is 192 Å². The van der Waals surface area contributed by atoms with Gasteiger partial charge in [0, 0.05) is 24.1 Å². The second-order valence-electron chi connectivity index (χ2n) is 9.90. The molecule has 5 rings (SSSR count). The molecule has 3 aliphatic rings. The summed E-state index contributed by atoms with van der Waals surface area (Å²) >= 11 is 0. The predicted molar refractivity (Wildman–Crippen MR) is 124 cm³/mol. The summed E-state index contributed by atoms with van der Waals surface area (Å²) in [5, 5.41) is 12.8. The summed E-state index contributed by atoms with van der Waals surface area (Å²) in [4.78, 5) is 27.0.